The number of carbonyl (C=O) groups is 1. The molecule has 1 amide bonds. The van der Waals surface area contributed by atoms with Crippen LogP contribution in [-0.4, -0.2) is 40.8 Å². The fraction of sp³-hybridized carbons (Fsp3) is 0.278. The Morgan fingerprint density at radius 3 is 2.29 bits per heavy atom. The summed E-state index contributed by atoms with van der Waals surface area (Å²) in [6, 6.07) is 7.78. The van der Waals surface area contributed by atoms with Crippen LogP contribution >= 0.6 is 0 Å². The summed E-state index contributed by atoms with van der Waals surface area (Å²) in [5.74, 6) is -1.84. The number of sulfonamides is 1. The van der Waals surface area contributed by atoms with Crippen LogP contribution < -0.4 is 19.5 Å². The Hall–Kier alpha value is -2.72. The molecule has 0 aliphatic carbocycles. The Labute approximate surface area is 161 Å². The number of methoxy groups -OCH3 is 2. The smallest absolute Gasteiger partial charge is 0.251 e. The van der Waals surface area contributed by atoms with Crippen molar-refractivity contribution in [2.75, 3.05) is 26.5 Å². The molecule has 0 fully saturated rings. The van der Waals surface area contributed by atoms with E-state index >= 15 is 0 Å². The van der Waals surface area contributed by atoms with E-state index in [1.54, 1.807) is 6.07 Å². The third-order valence-corrected chi connectivity index (χ3v) is 5.16. The zero-order valence-electron chi connectivity index (χ0n) is 15.3. The van der Waals surface area contributed by atoms with Crippen molar-refractivity contribution in [3.8, 4) is 11.5 Å². The first kappa shape index (κ1) is 21.6. The lowest BCUT2D eigenvalue weighted by Crippen LogP contribution is -2.34. The van der Waals surface area contributed by atoms with Gasteiger partial charge >= 0.3 is 0 Å². The fourth-order valence-electron chi connectivity index (χ4n) is 2.33. The van der Waals surface area contributed by atoms with Crippen molar-refractivity contribution in [2.45, 2.75) is 6.54 Å². The van der Waals surface area contributed by atoms with Crippen LogP contribution in [-0.2, 0) is 16.6 Å². The maximum Gasteiger partial charge on any atom is 0.251 e. The standard InChI is InChI=1S/C18H20F2N2O5S/c1-26-16-7-6-12(10-17(16)27-2)18(23)21-8-9-28(24,25)22-11-13-14(19)4-3-5-15(13)20/h3-7,10,22H,8-9,11H2,1-2H3,(H,21,23). The summed E-state index contributed by atoms with van der Waals surface area (Å²) in [4.78, 5) is 12.1. The molecule has 28 heavy (non-hydrogen) atoms. The van der Waals surface area contributed by atoms with E-state index in [1.165, 1.54) is 32.4 Å². The number of hydrogen-bond acceptors (Lipinski definition) is 5. The first-order valence-corrected chi connectivity index (χ1v) is 9.83. The van der Waals surface area contributed by atoms with Gasteiger partial charge in [-0.3, -0.25) is 4.79 Å². The quantitative estimate of drug-likeness (QED) is 0.653. The van der Waals surface area contributed by atoms with Crippen molar-refractivity contribution in [3.05, 3.63) is 59.2 Å². The Morgan fingerprint density at radius 2 is 1.68 bits per heavy atom. The number of benzene rings is 2. The molecule has 0 bridgehead atoms. The summed E-state index contributed by atoms with van der Waals surface area (Å²) in [5.41, 5.74) is -0.114. The monoisotopic (exact) mass is 414 g/mol. The largest absolute Gasteiger partial charge is 0.493 e. The minimum absolute atomic E-state index is 0.192. The van der Waals surface area contributed by atoms with Crippen molar-refractivity contribution in [2.24, 2.45) is 0 Å². The number of nitrogens with one attached hydrogen (secondary N) is 2. The maximum absolute atomic E-state index is 13.5. The molecule has 0 atom stereocenters. The van der Waals surface area contributed by atoms with E-state index in [-0.39, 0.29) is 17.7 Å². The van der Waals surface area contributed by atoms with Crippen molar-refractivity contribution in [3.63, 3.8) is 0 Å². The van der Waals surface area contributed by atoms with Crippen LogP contribution in [0.5, 0.6) is 11.5 Å². The Balaban J connectivity index is 1.90. The van der Waals surface area contributed by atoms with Crippen LogP contribution in [0.15, 0.2) is 36.4 Å². The first-order chi connectivity index (χ1) is 13.3. The molecule has 152 valence electrons. The molecular formula is C18H20F2N2O5S. The van der Waals surface area contributed by atoms with Crippen molar-refractivity contribution in [1.29, 1.82) is 0 Å². The molecule has 0 aliphatic heterocycles. The summed E-state index contributed by atoms with van der Waals surface area (Å²) in [6.45, 7) is -0.716. The molecule has 0 unspecified atom stereocenters. The van der Waals surface area contributed by atoms with Gasteiger partial charge in [0.25, 0.3) is 5.91 Å². The van der Waals surface area contributed by atoms with Gasteiger partial charge in [0.1, 0.15) is 11.6 Å². The van der Waals surface area contributed by atoms with E-state index in [0.29, 0.717) is 11.5 Å². The van der Waals surface area contributed by atoms with Gasteiger partial charge in [-0.2, -0.15) is 0 Å². The summed E-state index contributed by atoms with van der Waals surface area (Å²) >= 11 is 0. The fourth-order valence-corrected chi connectivity index (χ4v) is 3.21. The molecule has 10 heteroatoms. The van der Waals surface area contributed by atoms with Gasteiger partial charge < -0.3 is 14.8 Å². The maximum atomic E-state index is 13.5. The second kappa shape index (κ2) is 9.47. The summed E-state index contributed by atoms with van der Waals surface area (Å²) in [7, 11) is -0.970. The molecule has 2 rings (SSSR count). The second-order valence-corrected chi connectivity index (χ2v) is 7.59. The van der Waals surface area contributed by atoms with Crippen LogP contribution in [0.1, 0.15) is 15.9 Å². The van der Waals surface area contributed by atoms with Crippen LogP contribution in [0.4, 0.5) is 8.78 Å². The Kier molecular flexibility index (Phi) is 7.30. The van der Waals surface area contributed by atoms with Gasteiger partial charge in [0.05, 0.1) is 20.0 Å². The lowest BCUT2D eigenvalue weighted by molar-refractivity contribution is 0.0955. The van der Waals surface area contributed by atoms with E-state index < -0.39 is 39.9 Å². The number of hydrogen-bond donors (Lipinski definition) is 2. The number of rotatable bonds is 9. The highest BCUT2D eigenvalue weighted by Crippen LogP contribution is 2.27. The van der Waals surface area contributed by atoms with Gasteiger partial charge in [-0.05, 0) is 30.3 Å². The van der Waals surface area contributed by atoms with E-state index in [9.17, 15) is 22.0 Å². The zero-order chi connectivity index (χ0) is 20.7. The number of ether oxygens (including phenoxy) is 2. The Morgan fingerprint density at radius 1 is 1.04 bits per heavy atom. The minimum atomic E-state index is -3.86. The Bertz CT molecular complexity index is 931. The van der Waals surface area contributed by atoms with E-state index in [4.69, 9.17) is 9.47 Å². The number of amides is 1. The SMILES string of the molecule is COc1ccc(C(=O)NCCS(=O)(=O)NCc2c(F)cccc2F)cc1OC. The van der Waals surface area contributed by atoms with E-state index in [1.807, 2.05) is 0 Å². The summed E-state index contributed by atoms with van der Waals surface area (Å²) in [5, 5.41) is 2.46. The molecule has 0 saturated carbocycles. The lowest BCUT2D eigenvalue weighted by atomic mass is 10.2. The van der Waals surface area contributed by atoms with Gasteiger partial charge in [-0.15, -0.1) is 0 Å². The predicted octanol–water partition coefficient (Wildman–Crippen LogP) is 1.83. The van der Waals surface area contributed by atoms with Crippen LogP contribution in [0.3, 0.4) is 0 Å². The molecule has 0 aromatic heterocycles. The van der Waals surface area contributed by atoms with Gasteiger partial charge in [0.2, 0.25) is 10.0 Å². The molecule has 2 N–H and O–H groups in total. The topological polar surface area (TPSA) is 93.7 Å². The highest BCUT2D eigenvalue weighted by molar-refractivity contribution is 7.89. The average Bonchev–Trinajstić information content (AvgIpc) is 2.66. The summed E-state index contributed by atoms with van der Waals surface area (Å²) in [6.07, 6.45) is 0. The molecule has 0 aliphatic rings. The van der Waals surface area contributed by atoms with Gasteiger partial charge in [0, 0.05) is 24.2 Å². The highest BCUT2D eigenvalue weighted by atomic mass is 32.2. The van der Waals surface area contributed by atoms with E-state index in [2.05, 4.69) is 10.0 Å². The zero-order valence-corrected chi connectivity index (χ0v) is 16.1. The van der Waals surface area contributed by atoms with E-state index in [0.717, 1.165) is 12.1 Å². The molecule has 0 radical (unpaired) electrons. The molecule has 2 aromatic carbocycles. The highest BCUT2D eigenvalue weighted by Gasteiger charge is 2.16. The lowest BCUT2D eigenvalue weighted by Gasteiger charge is -2.11. The molecule has 2 aromatic rings. The molecule has 7 nitrogen and oxygen atoms in total. The number of halogens is 2. The van der Waals surface area contributed by atoms with Crippen LogP contribution in [0.25, 0.3) is 0 Å². The van der Waals surface area contributed by atoms with Gasteiger partial charge in [-0.1, -0.05) is 6.07 Å². The third kappa shape index (κ3) is 5.64. The molecule has 0 heterocycles. The predicted molar refractivity (Wildman–Crippen MR) is 98.9 cm³/mol. The first-order valence-electron chi connectivity index (χ1n) is 8.18. The van der Waals surface area contributed by atoms with Crippen molar-refractivity contribution >= 4 is 15.9 Å². The van der Waals surface area contributed by atoms with Gasteiger partial charge in [-0.25, -0.2) is 21.9 Å². The third-order valence-electron chi connectivity index (χ3n) is 3.83. The van der Waals surface area contributed by atoms with Crippen LogP contribution in [0, 0.1) is 11.6 Å². The second-order valence-electron chi connectivity index (χ2n) is 5.67. The normalized spacial score (nSPS) is 11.1. The number of carbonyl (C=O) groups excluding carboxylic acids is 1. The van der Waals surface area contributed by atoms with Crippen molar-refractivity contribution < 1.29 is 31.5 Å². The average molecular weight is 414 g/mol. The molecular weight excluding hydrogens is 394 g/mol. The summed E-state index contributed by atoms with van der Waals surface area (Å²) < 4.78 is 63.3. The molecule has 0 spiro atoms. The van der Waals surface area contributed by atoms with Gasteiger partial charge in [0.15, 0.2) is 11.5 Å². The molecule has 0 saturated heterocycles. The minimum Gasteiger partial charge on any atom is -0.493 e. The van der Waals surface area contributed by atoms with Crippen LogP contribution in [0.2, 0.25) is 0 Å². The van der Waals surface area contributed by atoms with Crippen molar-refractivity contribution in [1.82, 2.24) is 10.0 Å².